The molecule has 0 bridgehead atoms. The summed E-state index contributed by atoms with van der Waals surface area (Å²) < 4.78 is 25.4. The molecule has 0 saturated heterocycles. The number of hydrogen-bond donors (Lipinski definition) is 1. The van der Waals surface area contributed by atoms with E-state index < -0.39 is 17.4 Å². The average Bonchev–Trinajstić information content (AvgIpc) is 1.96. The van der Waals surface area contributed by atoms with Gasteiger partial charge < -0.3 is 5.73 Å². The fraction of sp³-hybridized carbons (Fsp3) is 0.125. The molecule has 12 heavy (non-hydrogen) atoms. The first kappa shape index (κ1) is 8.64. The number of benzene rings is 1. The van der Waals surface area contributed by atoms with Crippen molar-refractivity contribution in [1.29, 1.82) is 0 Å². The highest BCUT2D eigenvalue weighted by atomic mass is 19.2. The topological polar surface area (TPSA) is 43.1 Å². The maximum absolute atomic E-state index is 12.8. The molecule has 1 aromatic carbocycles. The van der Waals surface area contributed by atoms with E-state index in [-0.39, 0.29) is 11.3 Å². The summed E-state index contributed by atoms with van der Waals surface area (Å²) in [5.41, 5.74) is 4.94. The van der Waals surface area contributed by atoms with Crippen molar-refractivity contribution in [1.82, 2.24) is 0 Å². The fourth-order valence-corrected chi connectivity index (χ4v) is 0.866. The molecule has 0 aliphatic carbocycles. The summed E-state index contributed by atoms with van der Waals surface area (Å²) >= 11 is 0. The van der Waals surface area contributed by atoms with Gasteiger partial charge >= 0.3 is 0 Å². The number of nitrogens with two attached hydrogens (primary N) is 1. The quantitative estimate of drug-likeness (QED) is 0.516. The van der Waals surface area contributed by atoms with Crippen LogP contribution in [0.25, 0.3) is 0 Å². The van der Waals surface area contributed by atoms with E-state index in [1.807, 2.05) is 0 Å². The number of carbonyl (C=O) groups excluding carboxylic acids is 1. The minimum Gasteiger partial charge on any atom is -0.399 e. The predicted octanol–water partition coefficient (Wildman–Crippen LogP) is 1.75. The average molecular weight is 171 g/mol. The van der Waals surface area contributed by atoms with Crippen molar-refractivity contribution in [2.24, 2.45) is 0 Å². The number of anilines is 1. The van der Waals surface area contributed by atoms with Crippen LogP contribution in [-0.2, 0) is 0 Å². The largest absolute Gasteiger partial charge is 0.399 e. The van der Waals surface area contributed by atoms with E-state index in [2.05, 4.69) is 0 Å². The van der Waals surface area contributed by atoms with Gasteiger partial charge in [0.25, 0.3) is 0 Å². The number of nitrogen functional groups attached to an aromatic ring is 1. The van der Waals surface area contributed by atoms with Crippen molar-refractivity contribution in [2.45, 2.75) is 6.92 Å². The molecule has 0 aliphatic heterocycles. The molecule has 0 heterocycles. The summed E-state index contributed by atoms with van der Waals surface area (Å²) in [6.07, 6.45) is 0. The third kappa shape index (κ3) is 1.42. The monoisotopic (exact) mass is 171 g/mol. The highest BCUT2D eigenvalue weighted by Gasteiger charge is 2.12. The first-order valence-corrected chi connectivity index (χ1v) is 3.28. The molecule has 1 rings (SSSR count). The molecule has 64 valence electrons. The van der Waals surface area contributed by atoms with Gasteiger partial charge in [-0.25, -0.2) is 8.78 Å². The van der Waals surface area contributed by atoms with Crippen LogP contribution in [-0.4, -0.2) is 5.78 Å². The van der Waals surface area contributed by atoms with Gasteiger partial charge in [0.05, 0.1) is 5.56 Å². The van der Waals surface area contributed by atoms with Gasteiger partial charge in [0.1, 0.15) is 0 Å². The minimum absolute atomic E-state index is 0.0408. The lowest BCUT2D eigenvalue weighted by Crippen LogP contribution is -2.01. The molecule has 2 N–H and O–H groups in total. The van der Waals surface area contributed by atoms with Crippen LogP contribution in [0, 0.1) is 11.6 Å². The zero-order chi connectivity index (χ0) is 9.30. The minimum atomic E-state index is -1.14. The molecular weight excluding hydrogens is 164 g/mol. The van der Waals surface area contributed by atoms with Crippen LogP contribution in [0.4, 0.5) is 14.5 Å². The molecule has 0 unspecified atom stereocenters. The molecule has 0 aromatic heterocycles. The number of halogens is 2. The predicted molar refractivity (Wildman–Crippen MR) is 40.8 cm³/mol. The van der Waals surface area contributed by atoms with Crippen LogP contribution in [0.3, 0.4) is 0 Å². The lowest BCUT2D eigenvalue weighted by atomic mass is 10.1. The summed E-state index contributed by atoms with van der Waals surface area (Å²) in [5, 5.41) is 0. The molecule has 0 atom stereocenters. The number of carbonyl (C=O) groups is 1. The Bertz CT molecular complexity index is 336. The molecule has 1 aromatic rings. The molecule has 0 spiro atoms. The summed E-state index contributed by atoms with van der Waals surface area (Å²) in [5.74, 6) is -2.78. The maximum atomic E-state index is 12.8. The van der Waals surface area contributed by atoms with Crippen molar-refractivity contribution in [3.63, 3.8) is 0 Å². The number of ketones is 1. The third-order valence-electron chi connectivity index (χ3n) is 1.43. The van der Waals surface area contributed by atoms with Gasteiger partial charge in [-0.05, 0) is 19.1 Å². The second-order valence-electron chi connectivity index (χ2n) is 2.42. The second kappa shape index (κ2) is 2.89. The van der Waals surface area contributed by atoms with E-state index >= 15 is 0 Å². The highest BCUT2D eigenvalue weighted by molar-refractivity contribution is 5.95. The fourth-order valence-electron chi connectivity index (χ4n) is 0.866. The molecule has 0 aliphatic rings. The van der Waals surface area contributed by atoms with Crippen molar-refractivity contribution >= 4 is 11.5 Å². The molecule has 0 radical (unpaired) electrons. The number of Topliss-reactive ketones (excluding diaryl/α,β-unsaturated/α-hetero) is 1. The SMILES string of the molecule is CC(=O)c1cc(N)cc(F)c1F. The van der Waals surface area contributed by atoms with Crippen LogP contribution >= 0.6 is 0 Å². The standard InChI is InChI=1S/C8H7F2NO/c1-4(12)6-2-5(11)3-7(9)8(6)10/h2-3H,11H2,1H3. The van der Waals surface area contributed by atoms with Crippen LogP contribution in [0.2, 0.25) is 0 Å². The van der Waals surface area contributed by atoms with Crippen LogP contribution in [0.5, 0.6) is 0 Å². The van der Waals surface area contributed by atoms with Gasteiger partial charge in [-0.15, -0.1) is 0 Å². The summed E-state index contributed by atoms with van der Waals surface area (Å²) in [7, 11) is 0. The lowest BCUT2D eigenvalue weighted by molar-refractivity contribution is 0.101. The Labute approximate surface area is 68.0 Å². The van der Waals surface area contributed by atoms with Gasteiger partial charge in [-0.2, -0.15) is 0 Å². The summed E-state index contributed by atoms with van der Waals surface area (Å²) in [6, 6.07) is 1.95. The Kier molecular flexibility index (Phi) is 2.08. The van der Waals surface area contributed by atoms with Gasteiger partial charge in [0, 0.05) is 5.69 Å². The zero-order valence-corrected chi connectivity index (χ0v) is 6.40. The first-order chi connectivity index (χ1) is 5.52. The normalized spacial score (nSPS) is 9.92. The van der Waals surface area contributed by atoms with E-state index in [1.54, 1.807) is 0 Å². The second-order valence-corrected chi connectivity index (χ2v) is 2.42. The Morgan fingerprint density at radius 1 is 1.42 bits per heavy atom. The number of hydrogen-bond acceptors (Lipinski definition) is 2. The zero-order valence-electron chi connectivity index (χ0n) is 6.40. The van der Waals surface area contributed by atoms with Crippen molar-refractivity contribution in [3.8, 4) is 0 Å². The Hall–Kier alpha value is -1.45. The van der Waals surface area contributed by atoms with Gasteiger partial charge in [-0.1, -0.05) is 0 Å². The molecule has 2 nitrogen and oxygen atoms in total. The molecular formula is C8H7F2NO. The molecule has 0 amide bonds. The van der Waals surface area contributed by atoms with E-state index in [4.69, 9.17) is 5.73 Å². The lowest BCUT2D eigenvalue weighted by Gasteiger charge is -2.00. The van der Waals surface area contributed by atoms with Gasteiger partial charge in [0.15, 0.2) is 17.4 Å². The summed E-state index contributed by atoms with van der Waals surface area (Å²) in [4.78, 5) is 10.7. The van der Waals surface area contributed by atoms with Gasteiger partial charge in [0.2, 0.25) is 0 Å². The van der Waals surface area contributed by atoms with Crippen molar-refractivity contribution in [3.05, 3.63) is 29.3 Å². The van der Waals surface area contributed by atoms with E-state index in [1.165, 1.54) is 0 Å². The first-order valence-electron chi connectivity index (χ1n) is 3.28. The van der Waals surface area contributed by atoms with Crippen LogP contribution < -0.4 is 5.73 Å². The van der Waals surface area contributed by atoms with Crippen LogP contribution in [0.15, 0.2) is 12.1 Å². The highest BCUT2D eigenvalue weighted by Crippen LogP contribution is 2.16. The van der Waals surface area contributed by atoms with E-state index in [0.717, 1.165) is 19.1 Å². The Morgan fingerprint density at radius 3 is 2.50 bits per heavy atom. The summed E-state index contributed by atoms with van der Waals surface area (Å²) in [6.45, 7) is 1.15. The van der Waals surface area contributed by atoms with Crippen LogP contribution in [0.1, 0.15) is 17.3 Å². The van der Waals surface area contributed by atoms with E-state index in [0.29, 0.717) is 0 Å². The Balaban J connectivity index is 3.37. The van der Waals surface area contributed by atoms with Gasteiger partial charge in [-0.3, -0.25) is 4.79 Å². The smallest absolute Gasteiger partial charge is 0.169 e. The maximum Gasteiger partial charge on any atom is 0.169 e. The Morgan fingerprint density at radius 2 is 2.00 bits per heavy atom. The molecule has 4 heteroatoms. The number of rotatable bonds is 1. The van der Waals surface area contributed by atoms with Crippen molar-refractivity contribution in [2.75, 3.05) is 5.73 Å². The van der Waals surface area contributed by atoms with E-state index in [9.17, 15) is 13.6 Å². The third-order valence-corrected chi connectivity index (χ3v) is 1.43. The molecule has 0 fully saturated rings. The molecule has 0 saturated carbocycles. The van der Waals surface area contributed by atoms with Crippen molar-refractivity contribution < 1.29 is 13.6 Å².